The van der Waals surface area contributed by atoms with E-state index in [4.69, 9.17) is 0 Å². The summed E-state index contributed by atoms with van der Waals surface area (Å²) in [4.78, 5) is 32.7. The Kier molecular flexibility index (Phi) is 5.10. The fourth-order valence-corrected chi connectivity index (χ4v) is 4.37. The molecule has 4 rings (SSSR count). The van der Waals surface area contributed by atoms with Crippen molar-refractivity contribution in [2.24, 2.45) is 0 Å². The van der Waals surface area contributed by atoms with E-state index >= 15 is 0 Å². The fraction of sp³-hybridized carbons (Fsp3) is 0.500. The van der Waals surface area contributed by atoms with E-state index in [1.165, 1.54) is 19.3 Å². The molecule has 2 heterocycles. The van der Waals surface area contributed by atoms with E-state index in [-0.39, 0.29) is 17.9 Å². The average molecular weight is 365 g/mol. The largest absolute Gasteiger partial charge is 0.352 e. The minimum Gasteiger partial charge on any atom is -0.352 e. The first-order chi connectivity index (χ1) is 13.2. The van der Waals surface area contributed by atoms with E-state index in [9.17, 15) is 9.59 Å². The van der Waals surface area contributed by atoms with Gasteiger partial charge in [-0.15, -0.1) is 0 Å². The van der Waals surface area contributed by atoms with Crippen LogP contribution < -0.4 is 5.32 Å². The van der Waals surface area contributed by atoms with Crippen LogP contribution in [0.5, 0.6) is 0 Å². The quantitative estimate of drug-likeness (QED) is 0.813. The predicted molar refractivity (Wildman–Crippen MR) is 106 cm³/mol. The topological polar surface area (TPSA) is 62.3 Å². The van der Waals surface area contributed by atoms with Gasteiger partial charge in [0.05, 0.1) is 11.1 Å². The molecule has 2 aromatic rings. The summed E-state index contributed by atoms with van der Waals surface area (Å²) in [7, 11) is 0. The van der Waals surface area contributed by atoms with Crippen LogP contribution in [-0.4, -0.2) is 34.3 Å². The molecule has 1 N–H and O–H groups in total. The van der Waals surface area contributed by atoms with Gasteiger partial charge in [-0.05, 0) is 25.3 Å². The van der Waals surface area contributed by atoms with Gasteiger partial charge in [-0.25, -0.2) is 4.98 Å². The lowest BCUT2D eigenvalue weighted by atomic mass is 9.94. The van der Waals surface area contributed by atoms with Crippen LogP contribution in [0.4, 0.5) is 0 Å². The van der Waals surface area contributed by atoms with Crippen LogP contribution in [0.15, 0.2) is 24.3 Å². The van der Waals surface area contributed by atoms with Crippen molar-refractivity contribution in [2.45, 2.75) is 64.5 Å². The highest BCUT2D eigenvalue weighted by Crippen LogP contribution is 2.34. The molecule has 1 aromatic carbocycles. The van der Waals surface area contributed by atoms with Gasteiger partial charge in [-0.1, -0.05) is 50.8 Å². The molecular formula is C22H27N3O2. The lowest BCUT2D eigenvalue weighted by Crippen LogP contribution is -2.37. The maximum Gasteiger partial charge on any atom is 0.273 e. The van der Waals surface area contributed by atoms with Crippen molar-refractivity contribution in [1.82, 2.24) is 15.2 Å². The number of rotatable bonds is 5. The van der Waals surface area contributed by atoms with Crippen molar-refractivity contribution in [1.29, 1.82) is 0 Å². The van der Waals surface area contributed by atoms with E-state index in [0.29, 0.717) is 24.3 Å². The highest BCUT2D eigenvalue weighted by atomic mass is 16.2. The summed E-state index contributed by atoms with van der Waals surface area (Å²) in [6.45, 7) is 3.26. The number of pyridine rings is 1. The average Bonchev–Trinajstić information content (AvgIpc) is 3.03. The van der Waals surface area contributed by atoms with Crippen LogP contribution in [0.1, 0.15) is 78.3 Å². The molecule has 1 saturated carbocycles. The Labute approximate surface area is 160 Å². The SMILES string of the molecule is CCCCNC(=O)c1c2c(nc3ccccc13)C(=O)N(C1CCCCC1)C2. The molecule has 2 aliphatic rings. The van der Waals surface area contributed by atoms with Crippen LogP contribution in [0.3, 0.4) is 0 Å². The molecule has 5 nitrogen and oxygen atoms in total. The van der Waals surface area contributed by atoms with E-state index < -0.39 is 0 Å². The molecule has 142 valence electrons. The molecule has 0 saturated heterocycles. The van der Waals surface area contributed by atoms with Crippen LogP contribution in [0.25, 0.3) is 10.9 Å². The summed E-state index contributed by atoms with van der Waals surface area (Å²) in [5.74, 6) is -0.0955. The predicted octanol–water partition coefficient (Wildman–Crippen LogP) is 4.05. The Balaban J connectivity index is 1.74. The van der Waals surface area contributed by atoms with Gasteiger partial charge in [-0.2, -0.15) is 0 Å². The number of amides is 2. The number of fused-ring (bicyclic) bond motifs is 2. The van der Waals surface area contributed by atoms with E-state index in [1.807, 2.05) is 29.2 Å². The molecule has 1 fully saturated rings. The van der Waals surface area contributed by atoms with Gasteiger partial charge in [0.25, 0.3) is 11.8 Å². The minimum absolute atomic E-state index is 0.00902. The van der Waals surface area contributed by atoms with Gasteiger partial charge >= 0.3 is 0 Å². The molecule has 0 spiro atoms. The van der Waals surface area contributed by atoms with Gasteiger partial charge in [0.1, 0.15) is 5.69 Å². The first-order valence-corrected chi connectivity index (χ1v) is 10.2. The number of para-hydroxylation sites is 1. The van der Waals surface area contributed by atoms with Crippen molar-refractivity contribution in [3.05, 3.63) is 41.1 Å². The minimum atomic E-state index is -0.0865. The highest BCUT2D eigenvalue weighted by Gasteiger charge is 2.37. The number of nitrogens with zero attached hydrogens (tertiary/aromatic N) is 2. The zero-order chi connectivity index (χ0) is 18.8. The monoisotopic (exact) mass is 365 g/mol. The van der Waals surface area contributed by atoms with Gasteiger partial charge in [0, 0.05) is 30.1 Å². The van der Waals surface area contributed by atoms with Crippen molar-refractivity contribution >= 4 is 22.7 Å². The third kappa shape index (κ3) is 3.31. The Hall–Kier alpha value is -2.43. The Bertz CT molecular complexity index is 871. The maximum absolute atomic E-state index is 13.1. The smallest absolute Gasteiger partial charge is 0.273 e. The molecule has 1 aromatic heterocycles. The second-order valence-corrected chi connectivity index (χ2v) is 7.67. The number of aromatic nitrogens is 1. The molecule has 0 bridgehead atoms. The van der Waals surface area contributed by atoms with Gasteiger partial charge in [0.15, 0.2) is 0 Å². The first-order valence-electron chi connectivity index (χ1n) is 10.2. The summed E-state index contributed by atoms with van der Waals surface area (Å²) in [5, 5.41) is 3.87. The second-order valence-electron chi connectivity index (χ2n) is 7.67. The molecule has 0 radical (unpaired) electrons. The highest BCUT2D eigenvalue weighted by molar-refractivity contribution is 6.11. The van der Waals surface area contributed by atoms with Crippen molar-refractivity contribution < 1.29 is 9.59 Å². The zero-order valence-electron chi connectivity index (χ0n) is 16.0. The maximum atomic E-state index is 13.1. The Morgan fingerprint density at radius 1 is 1.22 bits per heavy atom. The Morgan fingerprint density at radius 2 is 2.00 bits per heavy atom. The molecule has 1 aliphatic heterocycles. The third-order valence-corrected chi connectivity index (χ3v) is 5.84. The summed E-state index contributed by atoms with van der Waals surface area (Å²) >= 11 is 0. The Morgan fingerprint density at radius 3 is 2.78 bits per heavy atom. The third-order valence-electron chi connectivity index (χ3n) is 5.84. The standard InChI is InChI=1S/C22H27N3O2/c1-2-3-13-23-21(26)19-16-11-7-8-12-18(16)24-20-17(19)14-25(22(20)27)15-9-5-4-6-10-15/h7-8,11-12,15H,2-6,9-10,13-14H2,1H3,(H,23,26). The number of nitrogens with one attached hydrogen (secondary N) is 1. The molecule has 5 heteroatoms. The lowest BCUT2D eigenvalue weighted by molar-refractivity contribution is 0.0655. The van der Waals surface area contributed by atoms with Crippen LogP contribution in [0, 0.1) is 0 Å². The molecular weight excluding hydrogens is 338 g/mol. The molecule has 1 aliphatic carbocycles. The van der Waals surface area contributed by atoms with Crippen molar-refractivity contribution in [2.75, 3.05) is 6.54 Å². The number of hydrogen-bond acceptors (Lipinski definition) is 3. The number of carbonyl (C=O) groups is 2. The molecule has 2 amide bonds. The zero-order valence-corrected chi connectivity index (χ0v) is 16.0. The lowest BCUT2D eigenvalue weighted by Gasteiger charge is -2.30. The van der Waals surface area contributed by atoms with Gasteiger partial charge < -0.3 is 10.2 Å². The normalized spacial score (nSPS) is 17.4. The number of unbranched alkanes of at least 4 members (excludes halogenated alkanes) is 1. The first kappa shape index (κ1) is 18.0. The second kappa shape index (κ2) is 7.67. The summed E-state index contributed by atoms with van der Waals surface area (Å²) < 4.78 is 0. The molecule has 0 atom stereocenters. The summed E-state index contributed by atoms with van der Waals surface area (Å²) in [5.41, 5.74) is 2.63. The van der Waals surface area contributed by atoms with Crippen LogP contribution in [-0.2, 0) is 6.54 Å². The van der Waals surface area contributed by atoms with Crippen molar-refractivity contribution in [3.8, 4) is 0 Å². The fourth-order valence-electron chi connectivity index (χ4n) is 4.37. The van der Waals surface area contributed by atoms with Gasteiger partial charge in [-0.3, -0.25) is 9.59 Å². The number of carbonyl (C=O) groups excluding carboxylic acids is 2. The number of hydrogen-bond donors (Lipinski definition) is 1. The van der Waals surface area contributed by atoms with Crippen molar-refractivity contribution in [3.63, 3.8) is 0 Å². The van der Waals surface area contributed by atoms with Crippen LogP contribution in [0.2, 0.25) is 0 Å². The van der Waals surface area contributed by atoms with Gasteiger partial charge in [0.2, 0.25) is 0 Å². The van der Waals surface area contributed by atoms with E-state index in [0.717, 1.165) is 42.1 Å². The molecule has 0 unspecified atom stereocenters. The summed E-state index contributed by atoms with van der Waals surface area (Å²) in [6.07, 6.45) is 7.68. The van der Waals surface area contributed by atoms with E-state index in [2.05, 4.69) is 17.2 Å². The molecule has 27 heavy (non-hydrogen) atoms. The number of benzene rings is 1. The van der Waals surface area contributed by atoms with E-state index in [1.54, 1.807) is 0 Å². The van der Waals surface area contributed by atoms with Crippen LogP contribution >= 0.6 is 0 Å². The summed E-state index contributed by atoms with van der Waals surface area (Å²) in [6, 6.07) is 7.92.